The van der Waals surface area contributed by atoms with Crippen LogP contribution in [0.3, 0.4) is 0 Å². The Labute approximate surface area is 163 Å². The number of amides is 1. The van der Waals surface area contributed by atoms with Gasteiger partial charge in [-0.3, -0.25) is 14.9 Å². The molecule has 0 radical (unpaired) electrons. The van der Waals surface area contributed by atoms with Crippen molar-refractivity contribution in [2.45, 2.75) is 0 Å². The van der Waals surface area contributed by atoms with E-state index >= 15 is 0 Å². The Bertz CT molecular complexity index is 1190. The topological polar surface area (TPSA) is 103 Å². The molecule has 1 aromatic heterocycles. The molecule has 0 aliphatic rings. The molecule has 1 N–H and O–H groups in total. The van der Waals surface area contributed by atoms with Gasteiger partial charge in [0.25, 0.3) is 11.6 Å². The van der Waals surface area contributed by atoms with E-state index < -0.39 is 4.92 Å². The van der Waals surface area contributed by atoms with Crippen LogP contribution in [0.15, 0.2) is 66.7 Å². The van der Waals surface area contributed by atoms with Gasteiger partial charge < -0.3 is 5.32 Å². The quantitative estimate of drug-likeness (QED) is 0.412. The Morgan fingerprint density at radius 2 is 1.64 bits per heavy atom. The summed E-state index contributed by atoms with van der Waals surface area (Å²) >= 11 is 5.90. The van der Waals surface area contributed by atoms with Gasteiger partial charge in [-0.2, -0.15) is 4.80 Å². The molecule has 0 saturated heterocycles. The molecule has 28 heavy (non-hydrogen) atoms. The van der Waals surface area contributed by atoms with Gasteiger partial charge in [-0.05, 0) is 54.6 Å². The van der Waals surface area contributed by atoms with Crippen LogP contribution in [-0.4, -0.2) is 25.8 Å². The Kier molecular flexibility index (Phi) is 4.46. The fraction of sp³-hybridized carbons (Fsp3) is 0. The van der Waals surface area contributed by atoms with Crippen LogP contribution >= 0.6 is 11.6 Å². The monoisotopic (exact) mass is 393 g/mol. The van der Waals surface area contributed by atoms with Gasteiger partial charge in [0.1, 0.15) is 11.0 Å². The minimum Gasteiger partial charge on any atom is -0.322 e. The van der Waals surface area contributed by atoms with Crippen LogP contribution in [0.5, 0.6) is 0 Å². The third-order valence-electron chi connectivity index (χ3n) is 4.04. The molecule has 0 bridgehead atoms. The Balaban J connectivity index is 1.56. The number of non-ortho nitro benzene ring substituents is 1. The second-order valence-corrected chi connectivity index (χ2v) is 6.36. The molecule has 4 aromatic rings. The number of fused-ring (bicyclic) bond motifs is 1. The lowest BCUT2D eigenvalue weighted by Crippen LogP contribution is -2.11. The molecule has 1 heterocycles. The standard InChI is InChI=1S/C19H12ClN5O3/c20-13-3-8-15(9-4-13)24-22-17-10-5-14(11-18(17)23-24)21-19(26)12-1-6-16(7-2-12)25(27)28/h1-11H,(H,21,26). The normalized spacial score (nSPS) is 10.8. The third kappa shape index (κ3) is 3.53. The van der Waals surface area contributed by atoms with Crippen molar-refractivity contribution in [3.63, 3.8) is 0 Å². The number of carbonyl (C=O) groups excluding carboxylic acids is 1. The third-order valence-corrected chi connectivity index (χ3v) is 4.29. The van der Waals surface area contributed by atoms with Gasteiger partial charge in [0.2, 0.25) is 0 Å². The molecule has 1 amide bonds. The maximum Gasteiger partial charge on any atom is 0.269 e. The van der Waals surface area contributed by atoms with Crippen LogP contribution in [0.25, 0.3) is 16.7 Å². The summed E-state index contributed by atoms with van der Waals surface area (Å²) in [4.78, 5) is 24.0. The van der Waals surface area contributed by atoms with Gasteiger partial charge in [0, 0.05) is 28.4 Å². The highest BCUT2D eigenvalue weighted by Gasteiger charge is 2.11. The van der Waals surface area contributed by atoms with Gasteiger partial charge in [0.05, 0.1) is 10.6 Å². The van der Waals surface area contributed by atoms with E-state index in [1.807, 2.05) is 0 Å². The number of nitrogens with one attached hydrogen (secondary N) is 1. The zero-order valence-corrected chi connectivity index (χ0v) is 15.0. The lowest BCUT2D eigenvalue weighted by atomic mass is 10.2. The van der Waals surface area contributed by atoms with Crippen LogP contribution in [-0.2, 0) is 0 Å². The molecule has 0 saturated carbocycles. The van der Waals surface area contributed by atoms with Crippen LogP contribution in [0, 0.1) is 10.1 Å². The molecule has 0 aliphatic carbocycles. The summed E-state index contributed by atoms with van der Waals surface area (Å²) in [6.45, 7) is 0. The smallest absolute Gasteiger partial charge is 0.269 e. The SMILES string of the molecule is O=C(Nc1ccc2nn(-c3ccc(Cl)cc3)nc2c1)c1ccc([N+](=O)[O-])cc1. The number of rotatable bonds is 4. The van der Waals surface area contributed by atoms with Gasteiger partial charge in [-0.25, -0.2) is 0 Å². The van der Waals surface area contributed by atoms with E-state index in [0.717, 1.165) is 5.69 Å². The van der Waals surface area contributed by atoms with Gasteiger partial charge in [-0.15, -0.1) is 10.2 Å². The Morgan fingerprint density at radius 3 is 2.32 bits per heavy atom. The molecule has 138 valence electrons. The summed E-state index contributed by atoms with van der Waals surface area (Å²) in [6, 6.07) is 17.7. The lowest BCUT2D eigenvalue weighted by molar-refractivity contribution is -0.384. The van der Waals surface area contributed by atoms with Gasteiger partial charge in [-0.1, -0.05) is 11.6 Å². The Hall–Kier alpha value is -3.78. The molecule has 9 heteroatoms. The van der Waals surface area contributed by atoms with Gasteiger partial charge >= 0.3 is 0 Å². The van der Waals surface area contributed by atoms with E-state index in [1.165, 1.54) is 29.1 Å². The van der Waals surface area contributed by atoms with Crippen LogP contribution in [0.4, 0.5) is 11.4 Å². The number of nitro groups is 1. The molecular weight excluding hydrogens is 382 g/mol. The van der Waals surface area contributed by atoms with Gasteiger partial charge in [0.15, 0.2) is 0 Å². The number of hydrogen-bond acceptors (Lipinski definition) is 5. The first kappa shape index (κ1) is 17.6. The summed E-state index contributed by atoms with van der Waals surface area (Å²) in [5.41, 5.74) is 2.82. The second-order valence-electron chi connectivity index (χ2n) is 5.93. The average molecular weight is 394 g/mol. The van der Waals surface area contributed by atoms with Crippen LogP contribution in [0.1, 0.15) is 10.4 Å². The van der Waals surface area contributed by atoms with E-state index in [4.69, 9.17) is 11.6 Å². The minimum atomic E-state index is -0.514. The van der Waals surface area contributed by atoms with E-state index in [0.29, 0.717) is 27.3 Å². The van der Waals surface area contributed by atoms with E-state index in [1.54, 1.807) is 42.5 Å². The van der Waals surface area contributed by atoms with Crippen molar-refractivity contribution in [3.05, 3.63) is 87.4 Å². The Morgan fingerprint density at radius 1 is 0.964 bits per heavy atom. The van der Waals surface area contributed by atoms with Crippen molar-refractivity contribution in [2.24, 2.45) is 0 Å². The number of hydrogen-bond donors (Lipinski definition) is 1. The first-order valence-electron chi connectivity index (χ1n) is 8.18. The molecule has 0 fully saturated rings. The molecule has 8 nitrogen and oxygen atoms in total. The van der Waals surface area contributed by atoms with Crippen molar-refractivity contribution >= 4 is 39.9 Å². The van der Waals surface area contributed by atoms with Crippen LogP contribution < -0.4 is 5.32 Å². The summed E-state index contributed by atoms with van der Waals surface area (Å²) in [7, 11) is 0. The number of nitrogens with zero attached hydrogens (tertiary/aromatic N) is 4. The number of carbonyl (C=O) groups is 1. The maximum absolute atomic E-state index is 12.4. The average Bonchev–Trinajstić information content (AvgIpc) is 3.12. The number of halogens is 1. The highest BCUT2D eigenvalue weighted by atomic mass is 35.5. The summed E-state index contributed by atoms with van der Waals surface area (Å²) in [6.07, 6.45) is 0. The predicted molar refractivity (Wildman–Crippen MR) is 105 cm³/mol. The number of aromatic nitrogens is 3. The molecule has 4 rings (SSSR count). The first-order chi connectivity index (χ1) is 13.5. The molecule has 0 spiro atoms. The zero-order valence-electron chi connectivity index (χ0n) is 14.2. The van der Waals surface area contributed by atoms with Crippen molar-refractivity contribution in [3.8, 4) is 5.69 Å². The summed E-state index contributed by atoms with van der Waals surface area (Å²) in [5, 5.41) is 22.9. The van der Waals surface area contributed by atoms with Crippen molar-refractivity contribution in [2.75, 3.05) is 5.32 Å². The summed E-state index contributed by atoms with van der Waals surface area (Å²) in [5.74, 6) is -0.376. The van der Waals surface area contributed by atoms with Crippen LogP contribution in [0.2, 0.25) is 5.02 Å². The molecule has 3 aromatic carbocycles. The van der Waals surface area contributed by atoms with Crippen molar-refractivity contribution in [1.29, 1.82) is 0 Å². The zero-order chi connectivity index (χ0) is 19.7. The molecule has 0 aliphatic heterocycles. The fourth-order valence-electron chi connectivity index (χ4n) is 2.62. The predicted octanol–water partition coefficient (Wildman–Crippen LogP) is 4.23. The fourth-order valence-corrected chi connectivity index (χ4v) is 2.75. The maximum atomic E-state index is 12.4. The second kappa shape index (κ2) is 7.09. The van der Waals surface area contributed by atoms with E-state index in [-0.39, 0.29) is 11.6 Å². The van der Waals surface area contributed by atoms with Crippen molar-refractivity contribution < 1.29 is 9.72 Å². The number of nitro benzene ring substituents is 1. The highest BCUT2D eigenvalue weighted by molar-refractivity contribution is 6.30. The van der Waals surface area contributed by atoms with Crippen molar-refractivity contribution in [1.82, 2.24) is 15.0 Å². The molecule has 0 unspecified atom stereocenters. The molecular formula is C19H12ClN5O3. The first-order valence-corrected chi connectivity index (χ1v) is 8.56. The lowest BCUT2D eigenvalue weighted by Gasteiger charge is -2.04. The highest BCUT2D eigenvalue weighted by Crippen LogP contribution is 2.20. The van der Waals surface area contributed by atoms with E-state index in [2.05, 4.69) is 15.5 Å². The summed E-state index contributed by atoms with van der Waals surface area (Å²) < 4.78 is 0. The molecule has 0 atom stereocenters. The van der Waals surface area contributed by atoms with E-state index in [9.17, 15) is 14.9 Å². The number of benzene rings is 3. The minimum absolute atomic E-state index is 0.0724. The largest absolute Gasteiger partial charge is 0.322 e. The number of anilines is 1.